The van der Waals surface area contributed by atoms with Gasteiger partial charge in [-0.1, -0.05) is 0 Å². The van der Waals surface area contributed by atoms with E-state index in [2.05, 4.69) is 19.9 Å². The zero-order valence-electron chi connectivity index (χ0n) is 10.2. The molecule has 9 heteroatoms. The minimum absolute atomic E-state index is 0.162. The van der Waals surface area contributed by atoms with Crippen molar-refractivity contribution in [3.63, 3.8) is 0 Å². The number of rotatable bonds is 3. The van der Waals surface area contributed by atoms with Crippen molar-refractivity contribution in [3.8, 4) is 0 Å². The summed E-state index contributed by atoms with van der Waals surface area (Å²) in [6.45, 7) is 3.57. The Morgan fingerprint density at radius 2 is 2.05 bits per heavy atom. The predicted octanol–water partition coefficient (Wildman–Crippen LogP) is 1.53. The third-order valence-electron chi connectivity index (χ3n) is 2.14. The Morgan fingerprint density at radius 1 is 1.32 bits per heavy atom. The summed E-state index contributed by atoms with van der Waals surface area (Å²) in [5.74, 6) is 0.428. The Balaban J connectivity index is 2.43. The van der Waals surface area contributed by atoms with Gasteiger partial charge in [-0.05, 0) is 31.7 Å². The van der Waals surface area contributed by atoms with Crippen LogP contribution in [0.5, 0.6) is 0 Å². The number of anilines is 1. The summed E-state index contributed by atoms with van der Waals surface area (Å²) in [7, 11) is 0. The highest BCUT2D eigenvalue weighted by atomic mass is 32.2. The van der Waals surface area contributed by atoms with Gasteiger partial charge < -0.3 is 5.73 Å². The second kappa shape index (κ2) is 5.14. The van der Waals surface area contributed by atoms with Crippen LogP contribution in [0.3, 0.4) is 0 Å². The molecule has 19 heavy (non-hydrogen) atoms. The van der Waals surface area contributed by atoms with Crippen LogP contribution in [0.4, 0.5) is 11.5 Å². The Bertz CT molecular complexity index is 628. The first-order valence-corrected chi connectivity index (χ1v) is 6.04. The van der Waals surface area contributed by atoms with Gasteiger partial charge in [-0.15, -0.1) is 0 Å². The SMILES string of the molecule is Cc1cc(Sc2ncnc(N)c2[N+](=O)[O-])nc(C)n1. The normalized spacial score (nSPS) is 10.4. The second-order valence-electron chi connectivity index (χ2n) is 3.67. The van der Waals surface area contributed by atoms with Crippen molar-refractivity contribution in [2.45, 2.75) is 23.9 Å². The molecule has 0 aliphatic carbocycles. The largest absolute Gasteiger partial charge is 0.378 e. The van der Waals surface area contributed by atoms with Gasteiger partial charge >= 0.3 is 5.69 Å². The molecule has 0 saturated carbocycles. The van der Waals surface area contributed by atoms with E-state index < -0.39 is 4.92 Å². The average Bonchev–Trinajstić information content (AvgIpc) is 2.26. The molecule has 2 aromatic rings. The van der Waals surface area contributed by atoms with Gasteiger partial charge in [0.05, 0.1) is 4.92 Å². The number of nitrogen functional groups attached to an aromatic ring is 1. The molecule has 0 bridgehead atoms. The molecule has 8 nitrogen and oxygen atoms in total. The van der Waals surface area contributed by atoms with Crippen molar-refractivity contribution in [1.82, 2.24) is 19.9 Å². The number of aromatic nitrogens is 4. The van der Waals surface area contributed by atoms with E-state index in [9.17, 15) is 10.1 Å². The number of nitrogens with zero attached hydrogens (tertiary/aromatic N) is 5. The number of nitrogens with two attached hydrogens (primary N) is 1. The molecule has 2 N–H and O–H groups in total. The Hall–Kier alpha value is -2.29. The van der Waals surface area contributed by atoms with Gasteiger partial charge in [0.1, 0.15) is 17.2 Å². The summed E-state index contributed by atoms with van der Waals surface area (Å²) in [4.78, 5) is 26.2. The first-order valence-electron chi connectivity index (χ1n) is 5.22. The molecule has 0 fully saturated rings. The quantitative estimate of drug-likeness (QED) is 0.509. The highest BCUT2D eigenvalue weighted by Gasteiger charge is 2.22. The molecule has 0 spiro atoms. The van der Waals surface area contributed by atoms with E-state index in [0.717, 1.165) is 17.5 Å². The molecule has 0 unspecified atom stereocenters. The van der Waals surface area contributed by atoms with E-state index in [-0.39, 0.29) is 16.5 Å². The molecule has 2 rings (SSSR count). The van der Waals surface area contributed by atoms with Crippen LogP contribution in [0, 0.1) is 24.0 Å². The van der Waals surface area contributed by atoms with Gasteiger partial charge in [-0.2, -0.15) is 0 Å². The van der Waals surface area contributed by atoms with Crippen LogP contribution >= 0.6 is 11.8 Å². The highest BCUT2D eigenvalue weighted by Crippen LogP contribution is 2.34. The van der Waals surface area contributed by atoms with E-state index in [1.807, 2.05) is 6.92 Å². The topological polar surface area (TPSA) is 121 Å². The number of hydrogen-bond acceptors (Lipinski definition) is 8. The first-order chi connectivity index (χ1) is 8.97. The summed E-state index contributed by atoms with van der Waals surface area (Å²) >= 11 is 1.06. The van der Waals surface area contributed by atoms with Crippen molar-refractivity contribution in [2.24, 2.45) is 0 Å². The summed E-state index contributed by atoms with van der Waals surface area (Å²) in [5, 5.41) is 11.7. The molecule has 0 atom stereocenters. The molecular formula is C10H10N6O2S. The summed E-state index contributed by atoms with van der Waals surface area (Å²) in [5.41, 5.74) is 5.97. The molecule has 2 heterocycles. The molecule has 0 amide bonds. The zero-order valence-corrected chi connectivity index (χ0v) is 11.0. The van der Waals surface area contributed by atoms with Crippen molar-refractivity contribution >= 4 is 23.3 Å². The Morgan fingerprint density at radius 3 is 2.68 bits per heavy atom. The second-order valence-corrected chi connectivity index (χ2v) is 4.68. The summed E-state index contributed by atoms with van der Waals surface area (Å²) in [6, 6.07) is 1.72. The van der Waals surface area contributed by atoms with Gasteiger partial charge in [0.15, 0.2) is 5.03 Å². The van der Waals surface area contributed by atoms with Gasteiger partial charge in [0, 0.05) is 5.69 Å². The maximum absolute atomic E-state index is 11.0. The van der Waals surface area contributed by atoms with E-state index in [1.54, 1.807) is 13.0 Å². The number of hydrogen-bond donors (Lipinski definition) is 1. The fourth-order valence-electron chi connectivity index (χ4n) is 1.46. The van der Waals surface area contributed by atoms with Crippen molar-refractivity contribution in [3.05, 3.63) is 34.0 Å². The van der Waals surface area contributed by atoms with Gasteiger partial charge in [-0.25, -0.2) is 19.9 Å². The van der Waals surface area contributed by atoms with Crippen molar-refractivity contribution < 1.29 is 4.92 Å². The van der Waals surface area contributed by atoms with Crippen LogP contribution in [0.1, 0.15) is 11.5 Å². The van der Waals surface area contributed by atoms with E-state index >= 15 is 0 Å². The minimum atomic E-state index is -0.599. The third-order valence-corrected chi connectivity index (χ3v) is 3.05. The van der Waals surface area contributed by atoms with E-state index in [0.29, 0.717) is 10.9 Å². The molecular weight excluding hydrogens is 268 g/mol. The summed E-state index contributed by atoms with van der Waals surface area (Å²) < 4.78 is 0. The van der Waals surface area contributed by atoms with Crippen LogP contribution in [0.15, 0.2) is 22.4 Å². The summed E-state index contributed by atoms with van der Waals surface area (Å²) in [6.07, 6.45) is 1.19. The molecule has 0 aliphatic heterocycles. The predicted molar refractivity (Wildman–Crippen MR) is 68.7 cm³/mol. The monoisotopic (exact) mass is 278 g/mol. The number of nitro groups is 1. The van der Waals surface area contributed by atoms with Crippen molar-refractivity contribution in [1.29, 1.82) is 0 Å². The van der Waals surface area contributed by atoms with Gasteiger partial charge in [-0.3, -0.25) is 10.1 Å². The lowest BCUT2D eigenvalue weighted by molar-refractivity contribution is -0.387. The van der Waals surface area contributed by atoms with Crippen LogP contribution in [0.25, 0.3) is 0 Å². The molecule has 0 aliphatic rings. The highest BCUT2D eigenvalue weighted by molar-refractivity contribution is 7.99. The zero-order chi connectivity index (χ0) is 14.0. The minimum Gasteiger partial charge on any atom is -0.378 e. The molecule has 0 aromatic carbocycles. The van der Waals surface area contributed by atoms with Crippen LogP contribution in [0.2, 0.25) is 0 Å². The molecule has 2 aromatic heterocycles. The maximum Gasteiger partial charge on any atom is 0.343 e. The first kappa shape index (κ1) is 13.1. The Kier molecular flexibility index (Phi) is 3.56. The van der Waals surface area contributed by atoms with Crippen LogP contribution in [-0.2, 0) is 0 Å². The Labute approximate surface area is 112 Å². The molecule has 98 valence electrons. The third kappa shape index (κ3) is 2.94. The van der Waals surface area contributed by atoms with Gasteiger partial charge in [0.25, 0.3) is 0 Å². The molecule has 0 saturated heterocycles. The smallest absolute Gasteiger partial charge is 0.343 e. The maximum atomic E-state index is 11.0. The molecule has 0 radical (unpaired) electrons. The lowest BCUT2D eigenvalue weighted by Crippen LogP contribution is -2.02. The van der Waals surface area contributed by atoms with Crippen LogP contribution in [-0.4, -0.2) is 24.9 Å². The fraction of sp³-hybridized carbons (Fsp3) is 0.200. The van der Waals surface area contributed by atoms with Crippen LogP contribution < -0.4 is 5.73 Å². The lowest BCUT2D eigenvalue weighted by Gasteiger charge is -2.04. The fourth-order valence-corrected chi connectivity index (χ4v) is 2.44. The number of aryl methyl sites for hydroxylation is 2. The standard InChI is InChI=1S/C10H10N6O2S/c1-5-3-7(15-6(2)14-5)19-10-8(16(17)18)9(11)12-4-13-10/h3-4H,1-2H3,(H2,11,12,13). The van der Waals surface area contributed by atoms with Crippen molar-refractivity contribution in [2.75, 3.05) is 5.73 Å². The lowest BCUT2D eigenvalue weighted by atomic mass is 10.4. The van der Waals surface area contributed by atoms with E-state index in [4.69, 9.17) is 5.73 Å². The van der Waals surface area contributed by atoms with Gasteiger partial charge in [0.2, 0.25) is 5.82 Å². The average molecular weight is 278 g/mol. The van der Waals surface area contributed by atoms with E-state index in [1.165, 1.54) is 6.33 Å².